The fourth-order valence-electron chi connectivity index (χ4n) is 3.49. The molecule has 0 bridgehead atoms. The number of aliphatic carboxylic acids is 1. The van der Waals surface area contributed by atoms with E-state index in [9.17, 15) is 9.59 Å². The number of carbonyl (C=O) groups excluding carboxylic acids is 1. The molecule has 120 valence electrons. The second kappa shape index (κ2) is 7.22. The number of carboxylic acid groups (broad SMARTS) is 1. The minimum Gasteiger partial charge on any atom is -0.481 e. The monoisotopic (exact) mass is 297 g/mol. The number of carboxylic acids is 1. The first-order chi connectivity index (χ1) is 9.99. The molecule has 21 heavy (non-hydrogen) atoms. The third kappa shape index (κ3) is 4.17. The van der Waals surface area contributed by atoms with E-state index in [2.05, 4.69) is 29.0 Å². The Hall–Kier alpha value is -1.14. The average Bonchev–Trinajstić information content (AvgIpc) is 2.66. The molecule has 0 aromatic heterocycles. The molecule has 0 aromatic rings. The lowest BCUT2D eigenvalue weighted by Crippen LogP contribution is -2.59. The number of nitrogens with one attached hydrogen (secondary N) is 1. The minimum atomic E-state index is -0.903. The van der Waals surface area contributed by atoms with Crippen molar-refractivity contribution in [1.82, 2.24) is 15.1 Å². The standard InChI is InChI=1S/C15H27N3O3/c1-11(2)17-7-3-4-12(5-8-17)18-9-6-16-15(21)13(18)10-14(19)20/h11-13H,3-10H2,1-2H3,(H,16,21)(H,19,20). The first-order valence-electron chi connectivity index (χ1n) is 7.98. The van der Waals surface area contributed by atoms with Crippen LogP contribution < -0.4 is 5.32 Å². The van der Waals surface area contributed by atoms with Gasteiger partial charge in [-0.25, -0.2) is 0 Å². The van der Waals surface area contributed by atoms with E-state index in [0.29, 0.717) is 18.6 Å². The SMILES string of the molecule is CC(C)N1CCCC(N2CCNC(=O)C2CC(=O)O)CC1. The third-order valence-electron chi connectivity index (χ3n) is 4.67. The van der Waals surface area contributed by atoms with Crippen LogP contribution in [-0.4, -0.2) is 71.1 Å². The fraction of sp³-hybridized carbons (Fsp3) is 0.867. The van der Waals surface area contributed by atoms with Crippen molar-refractivity contribution in [2.24, 2.45) is 0 Å². The van der Waals surface area contributed by atoms with E-state index in [1.807, 2.05) is 0 Å². The Morgan fingerprint density at radius 2 is 2.10 bits per heavy atom. The Labute approximate surface area is 126 Å². The molecule has 0 radical (unpaired) electrons. The van der Waals surface area contributed by atoms with Gasteiger partial charge in [0, 0.05) is 25.2 Å². The fourth-order valence-corrected chi connectivity index (χ4v) is 3.49. The molecule has 2 aliphatic heterocycles. The van der Waals surface area contributed by atoms with Gasteiger partial charge in [0.05, 0.1) is 12.5 Å². The zero-order valence-corrected chi connectivity index (χ0v) is 13.0. The molecule has 2 N–H and O–H groups in total. The number of piperazine rings is 1. The molecule has 2 atom stereocenters. The molecule has 2 saturated heterocycles. The van der Waals surface area contributed by atoms with Crippen molar-refractivity contribution >= 4 is 11.9 Å². The van der Waals surface area contributed by atoms with Crippen molar-refractivity contribution < 1.29 is 14.7 Å². The highest BCUT2D eigenvalue weighted by Gasteiger charge is 2.36. The largest absolute Gasteiger partial charge is 0.481 e. The number of likely N-dealkylation sites (tertiary alicyclic amines) is 1. The van der Waals surface area contributed by atoms with Gasteiger partial charge in [-0.2, -0.15) is 0 Å². The van der Waals surface area contributed by atoms with Crippen molar-refractivity contribution in [2.45, 2.75) is 57.7 Å². The summed E-state index contributed by atoms with van der Waals surface area (Å²) >= 11 is 0. The van der Waals surface area contributed by atoms with Gasteiger partial charge in [-0.3, -0.25) is 14.5 Å². The third-order valence-corrected chi connectivity index (χ3v) is 4.67. The normalized spacial score (nSPS) is 29.2. The van der Waals surface area contributed by atoms with Crippen LogP contribution in [0.25, 0.3) is 0 Å². The second-order valence-corrected chi connectivity index (χ2v) is 6.36. The number of nitrogens with zero attached hydrogens (tertiary/aromatic N) is 2. The Kier molecular flexibility index (Phi) is 5.58. The van der Waals surface area contributed by atoms with E-state index >= 15 is 0 Å². The van der Waals surface area contributed by atoms with E-state index in [4.69, 9.17) is 5.11 Å². The molecule has 0 saturated carbocycles. The lowest BCUT2D eigenvalue weighted by atomic mass is 10.0. The summed E-state index contributed by atoms with van der Waals surface area (Å²) < 4.78 is 0. The maximum Gasteiger partial charge on any atom is 0.305 e. The molecule has 2 aliphatic rings. The minimum absolute atomic E-state index is 0.101. The molecule has 2 rings (SSSR count). The molecular weight excluding hydrogens is 270 g/mol. The van der Waals surface area contributed by atoms with E-state index in [-0.39, 0.29) is 12.3 Å². The molecule has 6 nitrogen and oxygen atoms in total. The quantitative estimate of drug-likeness (QED) is 0.792. The second-order valence-electron chi connectivity index (χ2n) is 6.36. The van der Waals surface area contributed by atoms with Crippen LogP contribution in [0.1, 0.15) is 39.5 Å². The van der Waals surface area contributed by atoms with Gasteiger partial charge in [-0.1, -0.05) is 0 Å². The smallest absolute Gasteiger partial charge is 0.305 e. The topological polar surface area (TPSA) is 72.9 Å². The zero-order chi connectivity index (χ0) is 15.4. The summed E-state index contributed by atoms with van der Waals surface area (Å²) in [5.74, 6) is -1.03. The number of carbonyl (C=O) groups is 2. The first kappa shape index (κ1) is 16.2. The summed E-state index contributed by atoms with van der Waals surface area (Å²) in [6.07, 6.45) is 3.07. The van der Waals surface area contributed by atoms with Gasteiger partial charge in [0.2, 0.25) is 5.91 Å². The van der Waals surface area contributed by atoms with Crippen molar-refractivity contribution in [3.05, 3.63) is 0 Å². The summed E-state index contributed by atoms with van der Waals surface area (Å²) in [6.45, 7) is 7.93. The van der Waals surface area contributed by atoms with Crippen LogP contribution in [0.15, 0.2) is 0 Å². The predicted octanol–water partition coefficient (Wildman–Crippen LogP) is 0.524. The summed E-state index contributed by atoms with van der Waals surface area (Å²) in [6, 6.07) is 0.360. The Morgan fingerprint density at radius 3 is 2.76 bits per heavy atom. The molecule has 0 aromatic carbocycles. The van der Waals surface area contributed by atoms with Gasteiger partial charge in [0.1, 0.15) is 0 Å². The molecule has 0 spiro atoms. The summed E-state index contributed by atoms with van der Waals surface area (Å²) in [7, 11) is 0. The maximum absolute atomic E-state index is 12.0. The van der Waals surface area contributed by atoms with Gasteiger partial charge in [0.25, 0.3) is 0 Å². The van der Waals surface area contributed by atoms with E-state index in [1.165, 1.54) is 0 Å². The van der Waals surface area contributed by atoms with Crippen LogP contribution in [0, 0.1) is 0 Å². The van der Waals surface area contributed by atoms with Gasteiger partial charge in [-0.05, 0) is 46.2 Å². The Morgan fingerprint density at radius 1 is 1.33 bits per heavy atom. The highest BCUT2D eigenvalue weighted by molar-refractivity contribution is 5.86. The van der Waals surface area contributed by atoms with Crippen molar-refractivity contribution in [1.29, 1.82) is 0 Å². The van der Waals surface area contributed by atoms with Gasteiger partial charge in [-0.15, -0.1) is 0 Å². The molecule has 0 aliphatic carbocycles. The van der Waals surface area contributed by atoms with Crippen LogP contribution in [0.2, 0.25) is 0 Å². The van der Waals surface area contributed by atoms with Crippen LogP contribution in [-0.2, 0) is 9.59 Å². The lowest BCUT2D eigenvalue weighted by molar-refractivity contribution is -0.144. The highest BCUT2D eigenvalue weighted by atomic mass is 16.4. The molecular formula is C15H27N3O3. The highest BCUT2D eigenvalue weighted by Crippen LogP contribution is 2.22. The molecule has 2 fully saturated rings. The van der Waals surface area contributed by atoms with Crippen molar-refractivity contribution in [2.75, 3.05) is 26.2 Å². The van der Waals surface area contributed by atoms with Crippen molar-refractivity contribution in [3.8, 4) is 0 Å². The van der Waals surface area contributed by atoms with Crippen LogP contribution in [0.3, 0.4) is 0 Å². The number of hydrogen-bond donors (Lipinski definition) is 2. The predicted molar refractivity (Wildman–Crippen MR) is 80.1 cm³/mol. The van der Waals surface area contributed by atoms with Gasteiger partial charge in [0.15, 0.2) is 0 Å². The lowest BCUT2D eigenvalue weighted by Gasteiger charge is -2.39. The first-order valence-corrected chi connectivity index (χ1v) is 7.98. The summed E-state index contributed by atoms with van der Waals surface area (Å²) in [5, 5.41) is 11.8. The molecule has 2 heterocycles. The number of amides is 1. The number of hydrogen-bond acceptors (Lipinski definition) is 4. The zero-order valence-electron chi connectivity index (χ0n) is 13.0. The van der Waals surface area contributed by atoms with Crippen LogP contribution >= 0.6 is 0 Å². The van der Waals surface area contributed by atoms with E-state index < -0.39 is 12.0 Å². The number of rotatable bonds is 4. The van der Waals surface area contributed by atoms with Crippen LogP contribution in [0.5, 0.6) is 0 Å². The summed E-state index contributed by atoms with van der Waals surface area (Å²) in [4.78, 5) is 27.7. The molecule has 1 amide bonds. The Bertz CT molecular complexity index is 386. The van der Waals surface area contributed by atoms with E-state index in [0.717, 1.165) is 38.9 Å². The van der Waals surface area contributed by atoms with Crippen LogP contribution in [0.4, 0.5) is 0 Å². The van der Waals surface area contributed by atoms with E-state index in [1.54, 1.807) is 0 Å². The molecule has 2 unspecified atom stereocenters. The molecule has 6 heteroatoms. The Balaban J connectivity index is 2.03. The van der Waals surface area contributed by atoms with Crippen molar-refractivity contribution in [3.63, 3.8) is 0 Å². The average molecular weight is 297 g/mol. The van der Waals surface area contributed by atoms with Gasteiger partial charge >= 0.3 is 5.97 Å². The maximum atomic E-state index is 12.0. The van der Waals surface area contributed by atoms with Gasteiger partial charge < -0.3 is 15.3 Å². The summed E-state index contributed by atoms with van der Waals surface area (Å²) in [5.41, 5.74) is 0.